The first-order valence-corrected chi connectivity index (χ1v) is 12.8. The van der Waals surface area contributed by atoms with Crippen molar-refractivity contribution in [1.29, 1.82) is 0 Å². The van der Waals surface area contributed by atoms with Crippen molar-refractivity contribution in [2.75, 3.05) is 58.3 Å². The quantitative estimate of drug-likeness (QED) is 0.580. The summed E-state index contributed by atoms with van der Waals surface area (Å²) in [4.78, 5) is 20.4. The number of fused-ring (bicyclic) bond motifs is 1. The minimum Gasteiger partial charge on any atom is -0.374 e. The molecule has 0 bridgehead atoms. The lowest BCUT2D eigenvalue weighted by atomic mass is 9.95. The molecule has 2 aliphatic rings. The SMILES string of the molecule is CN1CCN(C(CNC(=O)c2ccc(-c3ccccc3)cc2)c2ccc3c(c2)CCCN3C)CC1. The number of carbonyl (C=O) groups excluding carboxylic acids is 1. The fourth-order valence-electron chi connectivity index (χ4n) is 5.34. The molecule has 3 aromatic carbocycles. The fraction of sp³-hybridized carbons (Fsp3) is 0.367. The van der Waals surface area contributed by atoms with E-state index in [2.05, 4.69) is 64.4 Å². The van der Waals surface area contributed by atoms with E-state index in [0.717, 1.165) is 50.3 Å². The number of anilines is 1. The molecule has 5 heteroatoms. The highest BCUT2D eigenvalue weighted by atomic mass is 16.1. The molecule has 1 fully saturated rings. The van der Waals surface area contributed by atoms with Crippen LogP contribution in [0.15, 0.2) is 72.8 Å². The molecule has 1 saturated heterocycles. The van der Waals surface area contributed by atoms with E-state index in [1.165, 1.54) is 23.2 Å². The van der Waals surface area contributed by atoms with E-state index < -0.39 is 0 Å². The third-order valence-electron chi connectivity index (χ3n) is 7.53. The highest BCUT2D eigenvalue weighted by Crippen LogP contribution is 2.31. The third-order valence-corrected chi connectivity index (χ3v) is 7.53. The van der Waals surface area contributed by atoms with Crippen molar-refractivity contribution in [3.05, 3.63) is 89.5 Å². The van der Waals surface area contributed by atoms with E-state index >= 15 is 0 Å². The molecule has 5 nitrogen and oxygen atoms in total. The Kier molecular flexibility index (Phi) is 7.16. The van der Waals surface area contributed by atoms with Crippen molar-refractivity contribution in [2.24, 2.45) is 0 Å². The van der Waals surface area contributed by atoms with Crippen LogP contribution in [0.2, 0.25) is 0 Å². The molecule has 1 atom stereocenters. The second kappa shape index (κ2) is 10.6. The zero-order valence-corrected chi connectivity index (χ0v) is 20.9. The number of hydrogen-bond acceptors (Lipinski definition) is 4. The minimum absolute atomic E-state index is 0.0126. The maximum atomic E-state index is 13.1. The van der Waals surface area contributed by atoms with Gasteiger partial charge in [-0.05, 0) is 60.3 Å². The molecule has 1 N–H and O–H groups in total. The number of carbonyl (C=O) groups is 1. The van der Waals surface area contributed by atoms with Gasteiger partial charge in [-0.25, -0.2) is 0 Å². The Morgan fingerprint density at radius 3 is 2.31 bits per heavy atom. The smallest absolute Gasteiger partial charge is 0.251 e. The summed E-state index contributed by atoms with van der Waals surface area (Å²) in [7, 11) is 4.36. The molecule has 0 aromatic heterocycles. The summed E-state index contributed by atoms with van der Waals surface area (Å²) < 4.78 is 0. The van der Waals surface area contributed by atoms with Gasteiger partial charge in [0.05, 0.1) is 6.04 Å². The molecule has 0 radical (unpaired) electrons. The number of nitrogens with zero attached hydrogens (tertiary/aromatic N) is 3. The summed E-state index contributed by atoms with van der Waals surface area (Å²) in [5.41, 5.74) is 7.07. The Morgan fingerprint density at radius 1 is 0.857 bits per heavy atom. The summed E-state index contributed by atoms with van der Waals surface area (Å²) >= 11 is 0. The first-order chi connectivity index (χ1) is 17.1. The summed E-state index contributed by atoms with van der Waals surface area (Å²) in [6.45, 7) is 5.86. The van der Waals surface area contributed by atoms with Crippen LogP contribution in [0.1, 0.15) is 33.9 Å². The van der Waals surface area contributed by atoms with Gasteiger partial charge in [0.2, 0.25) is 0 Å². The Balaban J connectivity index is 1.32. The molecule has 182 valence electrons. The van der Waals surface area contributed by atoms with Crippen LogP contribution in [-0.2, 0) is 6.42 Å². The van der Waals surface area contributed by atoms with Crippen molar-refractivity contribution >= 4 is 11.6 Å². The normalized spacial score (nSPS) is 17.6. The molecule has 3 aromatic rings. The topological polar surface area (TPSA) is 38.8 Å². The van der Waals surface area contributed by atoms with Gasteiger partial charge in [0, 0.05) is 57.6 Å². The monoisotopic (exact) mass is 468 g/mol. The Labute approximate surface area is 209 Å². The average Bonchev–Trinajstić information content (AvgIpc) is 2.90. The second-order valence-electron chi connectivity index (χ2n) is 9.92. The molecule has 2 aliphatic heterocycles. The van der Waals surface area contributed by atoms with E-state index in [-0.39, 0.29) is 11.9 Å². The lowest BCUT2D eigenvalue weighted by Crippen LogP contribution is -2.48. The number of nitrogens with one attached hydrogen (secondary N) is 1. The predicted octanol–water partition coefficient (Wildman–Crippen LogP) is 4.45. The fourth-order valence-corrected chi connectivity index (χ4v) is 5.34. The first kappa shape index (κ1) is 23.6. The van der Waals surface area contributed by atoms with E-state index in [9.17, 15) is 4.79 Å². The highest BCUT2D eigenvalue weighted by molar-refractivity contribution is 5.94. The van der Waals surface area contributed by atoms with Crippen LogP contribution in [-0.4, -0.2) is 69.1 Å². The Hall–Kier alpha value is -3.15. The maximum Gasteiger partial charge on any atom is 0.251 e. The Morgan fingerprint density at radius 2 is 1.57 bits per heavy atom. The van der Waals surface area contributed by atoms with Crippen molar-refractivity contribution in [3.63, 3.8) is 0 Å². The zero-order chi connectivity index (χ0) is 24.2. The largest absolute Gasteiger partial charge is 0.374 e. The van der Waals surface area contributed by atoms with Crippen LogP contribution in [0.4, 0.5) is 5.69 Å². The third kappa shape index (κ3) is 5.42. The number of piperazine rings is 1. The van der Waals surface area contributed by atoms with Gasteiger partial charge in [-0.3, -0.25) is 9.69 Å². The van der Waals surface area contributed by atoms with Crippen molar-refractivity contribution in [1.82, 2.24) is 15.1 Å². The standard InChI is InChI=1S/C30H36N4O/c1-32-17-19-34(20-18-32)29(27-14-15-28-26(21-27)9-6-16-33(28)2)22-31-30(35)25-12-10-24(11-13-25)23-7-4-3-5-8-23/h3-5,7-8,10-15,21,29H,6,9,16-20,22H2,1-2H3,(H,31,35). The van der Waals surface area contributed by atoms with Crippen LogP contribution in [0.25, 0.3) is 11.1 Å². The molecular weight excluding hydrogens is 432 g/mol. The van der Waals surface area contributed by atoms with Crippen LogP contribution < -0.4 is 10.2 Å². The van der Waals surface area contributed by atoms with Gasteiger partial charge in [-0.15, -0.1) is 0 Å². The van der Waals surface area contributed by atoms with Gasteiger partial charge >= 0.3 is 0 Å². The molecular formula is C30H36N4O. The number of likely N-dealkylation sites (N-methyl/N-ethyl adjacent to an activating group) is 1. The molecule has 1 unspecified atom stereocenters. The van der Waals surface area contributed by atoms with E-state index in [1.807, 2.05) is 42.5 Å². The van der Waals surface area contributed by atoms with Gasteiger partial charge in [-0.1, -0.05) is 54.6 Å². The predicted molar refractivity (Wildman–Crippen MR) is 144 cm³/mol. The van der Waals surface area contributed by atoms with E-state index in [0.29, 0.717) is 12.1 Å². The summed E-state index contributed by atoms with van der Waals surface area (Å²) in [6.07, 6.45) is 2.32. The summed E-state index contributed by atoms with van der Waals surface area (Å²) in [5.74, 6) is -0.0126. The first-order valence-electron chi connectivity index (χ1n) is 12.8. The molecule has 5 rings (SSSR count). The van der Waals surface area contributed by atoms with E-state index in [4.69, 9.17) is 0 Å². The lowest BCUT2D eigenvalue weighted by Gasteiger charge is -2.39. The molecule has 35 heavy (non-hydrogen) atoms. The van der Waals surface area contributed by atoms with Crippen molar-refractivity contribution < 1.29 is 4.79 Å². The van der Waals surface area contributed by atoms with Crippen LogP contribution in [0, 0.1) is 0 Å². The number of hydrogen-bond donors (Lipinski definition) is 1. The highest BCUT2D eigenvalue weighted by Gasteiger charge is 2.26. The van der Waals surface area contributed by atoms with Crippen LogP contribution in [0.3, 0.4) is 0 Å². The van der Waals surface area contributed by atoms with Gasteiger partial charge in [-0.2, -0.15) is 0 Å². The summed E-state index contributed by atoms with van der Waals surface area (Å²) in [5, 5.41) is 3.25. The lowest BCUT2D eigenvalue weighted by molar-refractivity contribution is 0.0886. The number of amides is 1. The molecule has 2 heterocycles. The van der Waals surface area contributed by atoms with Crippen molar-refractivity contribution in [2.45, 2.75) is 18.9 Å². The van der Waals surface area contributed by atoms with Gasteiger partial charge in [0.15, 0.2) is 0 Å². The minimum atomic E-state index is -0.0126. The van der Waals surface area contributed by atoms with Gasteiger partial charge < -0.3 is 15.1 Å². The molecule has 0 saturated carbocycles. The zero-order valence-electron chi connectivity index (χ0n) is 20.9. The van der Waals surface area contributed by atoms with Gasteiger partial charge in [0.25, 0.3) is 5.91 Å². The number of aryl methyl sites for hydroxylation is 1. The van der Waals surface area contributed by atoms with E-state index in [1.54, 1.807) is 0 Å². The number of benzene rings is 3. The summed E-state index contributed by atoms with van der Waals surface area (Å²) in [6, 6.07) is 25.3. The molecule has 0 aliphatic carbocycles. The van der Waals surface area contributed by atoms with Crippen molar-refractivity contribution in [3.8, 4) is 11.1 Å². The second-order valence-corrected chi connectivity index (χ2v) is 9.92. The molecule has 1 amide bonds. The van der Waals surface area contributed by atoms with Gasteiger partial charge in [0.1, 0.15) is 0 Å². The maximum absolute atomic E-state index is 13.1. The number of rotatable bonds is 6. The van der Waals surface area contributed by atoms with Crippen LogP contribution >= 0.6 is 0 Å². The van der Waals surface area contributed by atoms with Crippen LogP contribution in [0.5, 0.6) is 0 Å². The molecule has 0 spiro atoms. The Bertz CT molecular complexity index is 1140. The average molecular weight is 469 g/mol.